The quantitative estimate of drug-likeness (QED) is 0.466. The van der Waals surface area contributed by atoms with E-state index in [1.54, 1.807) is 23.9 Å². The van der Waals surface area contributed by atoms with Crippen LogP contribution in [0, 0.1) is 0 Å². The fraction of sp³-hybridized carbons (Fsp3) is 0.571. The van der Waals surface area contributed by atoms with Crippen molar-refractivity contribution in [3.05, 3.63) is 30.1 Å². The topological polar surface area (TPSA) is 59.6 Å². The van der Waals surface area contributed by atoms with Gasteiger partial charge in [-0.2, -0.15) is 4.57 Å². The predicted molar refractivity (Wildman–Crippen MR) is 69.6 cm³/mol. The van der Waals surface area contributed by atoms with E-state index in [2.05, 4.69) is 18.7 Å². The van der Waals surface area contributed by atoms with Crippen molar-refractivity contribution in [1.29, 1.82) is 0 Å². The van der Waals surface area contributed by atoms with Gasteiger partial charge in [-0.15, -0.1) is 0 Å². The lowest BCUT2D eigenvalue weighted by molar-refractivity contribution is -0.752. The molecule has 0 spiro atoms. The molecule has 0 bridgehead atoms. The molecule has 0 aliphatic rings. The van der Waals surface area contributed by atoms with Crippen molar-refractivity contribution in [2.45, 2.75) is 38.6 Å². The van der Waals surface area contributed by atoms with Crippen LogP contribution in [0.3, 0.4) is 0 Å². The number of carbonyl (C=O) groups is 1. The van der Waals surface area contributed by atoms with Gasteiger partial charge in [0.15, 0.2) is 19.0 Å². The Morgan fingerprint density at radius 2 is 2.05 bits per heavy atom. The standard InChI is InChI=1S/C14H21NO4/c1-5-11(2)12-6-8-15(9-7-12)14(3,13(16)17)10-19-18-4/h6-9,11H,5,10H2,1-4H3/p+1. The average molecular weight is 268 g/mol. The second-order valence-electron chi connectivity index (χ2n) is 4.86. The molecule has 2 atom stereocenters. The van der Waals surface area contributed by atoms with E-state index >= 15 is 0 Å². The van der Waals surface area contributed by atoms with Crippen molar-refractivity contribution >= 4 is 5.97 Å². The zero-order valence-electron chi connectivity index (χ0n) is 11.9. The maximum absolute atomic E-state index is 11.4. The SMILES string of the molecule is CCC(C)c1cc[n+](C(C)(COOC)C(=O)O)cc1. The fourth-order valence-corrected chi connectivity index (χ4v) is 1.75. The third-order valence-electron chi connectivity index (χ3n) is 3.53. The first-order valence-electron chi connectivity index (χ1n) is 6.36. The van der Waals surface area contributed by atoms with Gasteiger partial charge < -0.3 is 5.11 Å². The van der Waals surface area contributed by atoms with Crippen LogP contribution in [0.5, 0.6) is 0 Å². The Bertz CT molecular complexity index is 418. The fourth-order valence-electron chi connectivity index (χ4n) is 1.75. The Balaban J connectivity index is 3.01. The second kappa shape index (κ2) is 6.63. The van der Waals surface area contributed by atoms with E-state index in [0.29, 0.717) is 5.92 Å². The van der Waals surface area contributed by atoms with Crippen molar-refractivity contribution in [2.24, 2.45) is 0 Å². The summed E-state index contributed by atoms with van der Waals surface area (Å²) in [5.41, 5.74) is 0.00317. The molecule has 1 N–H and O–H groups in total. The van der Waals surface area contributed by atoms with Gasteiger partial charge >= 0.3 is 5.97 Å². The molecular weight excluding hydrogens is 246 g/mol. The van der Waals surface area contributed by atoms with Crippen molar-refractivity contribution < 1.29 is 24.2 Å². The molecule has 0 amide bonds. The molecule has 0 saturated heterocycles. The number of carboxylic acid groups (broad SMARTS) is 1. The van der Waals surface area contributed by atoms with Crippen LogP contribution in [0.1, 0.15) is 38.7 Å². The molecule has 0 aliphatic heterocycles. The zero-order chi connectivity index (χ0) is 14.5. The van der Waals surface area contributed by atoms with Crippen molar-refractivity contribution in [1.82, 2.24) is 0 Å². The predicted octanol–water partition coefficient (Wildman–Crippen LogP) is 1.87. The van der Waals surface area contributed by atoms with Gasteiger partial charge in [-0.25, -0.2) is 14.6 Å². The summed E-state index contributed by atoms with van der Waals surface area (Å²) in [6.07, 6.45) is 4.59. The summed E-state index contributed by atoms with van der Waals surface area (Å²) in [6, 6.07) is 3.89. The van der Waals surface area contributed by atoms with Crippen LogP contribution >= 0.6 is 0 Å². The maximum atomic E-state index is 11.4. The van der Waals surface area contributed by atoms with E-state index < -0.39 is 11.5 Å². The highest BCUT2D eigenvalue weighted by molar-refractivity contribution is 5.74. The minimum Gasteiger partial charge on any atom is -0.476 e. The number of pyridine rings is 1. The Kier molecular flexibility index (Phi) is 5.44. The highest BCUT2D eigenvalue weighted by Crippen LogP contribution is 2.17. The third kappa shape index (κ3) is 3.52. The van der Waals surface area contributed by atoms with Crippen LogP contribution in [0.15, 0.2) is 24.5 Å². The first kappa shape index (κ1) is 15.6. The van der Waals surface area contributed by atoms with E-state index in [1.807, 2.05) is 12.1 Å². The molecule has 5 nitrogen and oxygen atoms in total. The van der Waals surface area contributed by atoms with Gasteiger partial charge in [-0.1, -0.05) is 13.8 Å². The Morgan fingerprint density at radius 1 is 1.47 bits per heavy atom. The second-order valence-corrected chi connectivity index (χ2v) is 4.86. The zero-order valence-corrected chi connectivity index (χ0v) is 11.9. The Labute approximate surface area is 113 Å². The first-order chi connectivity index (χ1) is 8.95. The van der Waals surface area contributed by atoms with Gasteiger partial charge in [0.25, 0.3) is 5.54 Å². The number of carboxylic acids is 1. The average Bonchev–Trinajstić information content (AvgIpc) is 2.43. The highest BCUT2D eigenvalue weighted by atomic mass is 17.2. The lowest BCUT2D eigenvalue weighted by atomic mass is 9.99. The summed E-state index contributed by atoms with van der Waals surface area (Å²) in [4.78, 5) is 20.8. The molecule has 5 heteroatoms. The van der Waals surface area contributed by atoms with Gasteiger partial charge in [0, 0.05) is 19.1 Å². The number of rotatable bonds is 7. The lowest BCUT2D eigenvalue weighted by Gasteiger charge is -2.19. The third-order valence-corrected chi connectivity index (χ3v) is 3.53. The van der Waals surface area contributed by atoms with Gasteiger partial charge in [0.05, 0.1) is 7.11 Å². The summed E-state index contributed by atoms with van der Waals surface area (Å²) in [5.74, 6) is -0.508. The summed E-state index contributed by atoms with van der Waals surface area (Å²) in [5, 5.41) is 9.38. The molecular formula is C14H22NO4+. The number of aromatic nitrogens is 1. The smallest absolute Gasteiger partial charge is 0.379 e. The van der Waals surface area contributed by atoms with Crippen molar-refractivity contribution in [3.8, 4) is 0 Å². The summed E-state index contributed by atoms with van der Waals surface area (Å²) >= 11 is 0. The summed E-state index contributed by atoms with van der Waals surface area (Å²) in [6.45, 7) is 5.80. The number of nitrogens with zero attached hydrogens (tertiary/aromatic N) is 1. The molecule has 1 aromatic rings. The van der Waals surface area contributed by atoms with Crippen LogP contribution in [-0.4, -0.2) is 24.8 Å². The normalized spacial score (nSPS) is 15.8. The number of aliphatic carboxylic acids is 1. The van der Waals surface area contributed by atoms with Gasteiger partial charge in [0.2, 0.25) is 0 Å². The minimum atomic E-state index is -1.19. The largest absolute Gasteiger partial charge is 0.476 e. The first-order valence-corrected chi connectivity index (χ1v) is 6.36. The molecule has 19 heavy (non-hydrogen) atoms. The molecule has 106 valence electrons. The van der Waals surface area contributed by atoms with Crippen LogP contribution in [0.2, 0.25) is 0 Å². The molecule has 0 fully saturated rings. The highest BCUT2D eigenvalue weighted by Gasteiger charge is 2.44. The monoisotopic (exact) mass is 268 g/mol. The van der Waals surface area contributed by atoms with Gasteiger partial charge in [-0.05, 0) is 17.9 Å². The molecule has 1 rings (SSSR count). The van der Waals surface area contributed by atoms with Crippen LogP contribution in [0.25, 0.3) is 0 Å². The summed E-state index contributed by atoms with van der Waals surface area (Å²) in [7, 11) is 1.36. The van der Waals surface area contributed by atoms with Crippen LogP contribution < -0.4 is 4.57 Å². The Morgan fingerprint density at radius 3 is 2.47 bits per heavy atom. The van der Waals surface area contributed by atoms with E-state index in [1.165, 1.54) is 12.7 Å². The van der Waals surface area contributed by atoms with Crippen LogP contribution in [-0.2, 0) is 20.1 Å². The summed E-state index contributed by atoms with van der Waals surface area (Å²) < 4.78 is 1.63. The number of hydrogen-bond acceptors (Lipinski definition) is 3. The van der Waals surface area contributed by atoms with Crippen molar-refractivity contribution in [3.63, 3.8) is 0 Å². The molecule has 1 aromatic heterocycles. The minimum absolute atomic E-state index is 0.0633. The van der Waals surface area contributed by atoms with Gasteiger partial charge in [0.1, 0.15) is 0 Å². The van der Waals surface area contributed by atoms with E-state index in [9.17, 15) is 9.90 Å². The van der Waals surface area contributed by atoms with E-state index in [0.717, 1.165) is 6.42 Å². The molecule has 1 heterocycles. The van der Waals surface area contributed by atoms with E-state index in [4.69, 9.17) is 4.89 Å². The molecule has 2 unspecified atom stereocenters. The number of hydrogen-bond donors (Lipinski definition) is 1. The molecule has 0 aliphatic carbocycles. The lowest BCUT2D eigenvalue weighted by Crippen LogP contribution is -2.61. The molecule has 0 radical (unpaired) electrons. The van der Waals surface area contributed by atoms with E-state index in [-0.39, 0.29) is 6.61 Å². The molecule has 0 saturated carbocycles. The maximum Gasteiger partial charge on any atom is 0.379 e. The Hall–Kier alpha value is -1.46. The van der Waals surface area contributed by atoms with Crippen molar-refractivity contribution in [2.75, 3.05) is 13.7 Å². The molecule has 0 aromatic carbocycles. The van der Waals surface area contributed by atoms with Gasteiger partial charge in [-0.3, -0.25) is 0 Å². The van der Waals surface area contributed by atoms with Crippen LogP contribution in [0.4, 0.5) is 0 Å².